The van der Waals surface area contributed by atoms with E-state index in [2.05, 4.69) is 16.0 Å². The van der Waals surface area contributed by atoms with E-state index in [0.717, 1.165) is 14.7 Å². The van der Waals surface area contributed by atoms with Gasteiger partial charge in [0.1, 0.15) is 25.9 Å². The summed E-state index contributed by atoms with van der Waals surface area (Å²) in [6.07, 6.45) is -11.0. The molecule has 23 N–H and O–H groups in total. The number of anilines is 3. The van der Waals surface area contributed by atoms with Crippen molar-refractivity contribution in [2.45, 2.75) is 42.7 Å². The minimum absolute atomic E-state index is 0.00952. The number of rotatable bonds is 44. The number of hydrogen-bond acceptors (Lipinski definition) is 27. The van der Waals surface area contributed by atoms with Gasteiger partial charge in [0.15, 0.2) is 0 Å². The van der Waals surface area contributed by atoms with Crippen molar-refractivity contribution < 1.29 is 134 Å². The Morgan fingerprint density at radius 3 is 0.743 bits per heavy atom. The zero-order valence-electron chi connectivity index (χ0n) is 52.4. The number of amides is 9. The Morgan fingerprint density at radius 2 is 0.545 bits per heavy atom. The Bertz CT molecular complexity index is 3130. The highest BCUT2D eigenvalue weighted by atomic mass is 127. The van der Waals surface area contributed by atoms with E-state index in [1.165, 1.54) is 0 Å². The molecule has 0 aliphatic rings. The van der Waals surface area contributed by atoms with Crippen LogP contribution < -0.4 is 47.9 Å². The van der Waals surface area contributed by atoms with Crippen LogP contribution in [-0.4, -0.2) is 306 Å². The summed E-state index contributed by atoms with van der Waals surface area (Å²) in [4.78, 5) is 124. The molecule has 0 saturated carbocycles. The average molecular weight is 2450 g/mol. The van der Waals surface area contributed by atoms with E-state index in [0.29, 0.717) is 0 Å². The predicted molar refractivity (Wildman–Crippen MR) is 431 cm³/mol. The van der Waals surface area contributed by atoms with Crippen LogP contribution in [0.1, 0.15) is 62.1 Å². The zero-order chi connectivity index (χ0) is 76.7. The van der Waals surface area contributed by atoms with Gasteiger partial charge < -0.3 is 138 Å². The molecule has 3 aromatic rings. The molecule has 7 atom stereocenters. The Morgan fingerprint density at radius 1 is 0.337 bits per heavy atom. The second kappa shape index (κ2) is 45.7. The SMILES string of the molecule is NC(=O)c1c(I)c(C(=O)NCC(O)CO)c(I)c(N(CC(O)COCC(COCC(O)CO)(COCC(O)CN(C(=O)CO)c2c(I)c(C(N)=O)c(I)c(C(=O)NCC(O)CO)c2I)COCC(O)CN(C(=O)CO)c2c(I)c(C(N)=O)c(I)c(C(=O)NCC(O)CO)c2I)C(=O)CO)c1I. The number of aliphatic hydroxyl groups is 14. The average Bonchev–Trinajstić information content (AvgIpc) is 0.772. The van der Waals surface area contributed by atoms with Crippen molar-refractivity contribution in [1.82, 2.24) is 16.0 Å². The first-order valence-electron chi connectivity index (χ1n) is 29.0. The Labute approximate surface area is 698 Å². The van der Waals surface area contributed by atoms with E-state index in [4.69, 9.17) is 36.1 Å². The maximum absolute atomic E-state index is 13.7. The van der Waals surface area contributed by atoms with Gasteiger partial charge in [0.2, 0.25) is 0 Å². The number of halogens is 9. The number of primary amides is 3. The monoisotopic (exact) mass is 2440 g/mol. The number of carbonyl (C=O) groups excluding carboxylic acids is 9. The number of nitrogens with zero attached hydrogens (tertiary/aromatic N) is 3. The highest BCUT2D eigenvalue weighted by molar-refractivity contribution is 14.1. The van der Waals surface area contributed by atoms with E-state index in [9.17, 15) is 115 Å². The lowest BCUT2D eigenvalue weighted by Gasteiger charge is -2.35. The van der Waals surface area contributed by atoms with Crippen LogP contribution in [0.4, 0.5) is 17.1 Å². The Kier molecular flexibility index (Phi) is 42.5. The summed E-state index contributed by atoms with van der Waals surface area (Å²) in [5, 5.41) is 152. The summed E-state index contributed by atoms with van der Waals surface area (Å²) < 4.78 is 24.2. The van der Waals surface area contributed by atoms with E-state index >= 15 is 0 Å². The van der Waals surface area contributed by atoms with Gasteiger partial charge in [0.05, 0.1) is 213 Å². The fourth-order valence-corrected chi connectivity index (χ4v) is 23.3. The number of ether oxygens (including phenoxy) is 4. The third-order valence-corrected chi connectivity index (χ3v) is 23.3. The lowest BCUT2D eigenvalue weighted by molar-refractivity contribution is -0.133. The molecule has 0 bridgehead atoms. The number of nitrogens with one attached hydrogen (secondary N) is 3. The largest absolute Gasteiger partial charge is 0.394 e. The van der Waals surface area contributed by atoms with Crippen LogP contribution in [0.5, 0.6) is 0 Å². The molecule has 7 unspecified atom stereocenters. The number of aliphatic hydroxyl groups excluding tert-OH is 14. The van der Waals surface area contributed by atoms with Gasteiger partial charge in [-0.2, -0.15) is 0 Å². The van der Waals surface area contributed by atoms with Crippen LogP contribution >= 0.6 is 203 Å². The summed E-state index contributed by atoms with van der Waals surface area (Å²) in [7, 11) is 0. The number of carbonyl (C=O) groups is 9. The highest BCUT2D eigenvalue weighted by Crippen LogP contribution is 2.41. The minimum Gasteiger partial charge on any atom is -0.394 e. The van der Waals surface area contributed by atoms with Crippen LogP contribution in [0.15, 0.2) is 0 Å². The maximum atomic E-state index is 13.7. The molecule has 0 saturated heterocycles. The molecule has 45 heteroatoms. The molecule has 0 spiro atoms. The fraction of sp³-hybridized carbons (Fsp3) is 0.518. The molecule has 0 heterocycles. The van der Waals surface area contributed by atoms with E-state index in [-0.39, 0.29) is 82.6 Å². The van der Waals surface area contributed by atoms with E-state index in [1.54, 1.807) is 203 Å². The molecule has 3 rings (SSSR count). The van der Waals surface area contributed by atoms with Crippen molar-refractivity contribution in [1.29, 1.82) is 0 Å². The topological polar surface area (TPSA) is 598 Å². The third-order valence-electron chi connectivity index (χ3n) is 13.8. The van der Waals surface area contributed by atoms with Crippen LogP contribution in [0.3, 0.4) is 0 Å². The molecular formula is C56H72I9N9O27. The summed E-state index contributed by atoms with van der Waals surface area (Å²) in [5.41, 5.74) is 13.6. The van der Waals surface area contributed by atoms with Crippen molar-refractivity contribution in [3.63, 3.8) is 0 Å². The van der Waals surface area contributed by atoms with E-state index in [1.807, 2.05) is 0 Å². The van der Waals surface area contributed by atoms with Crippen molar-refractivity contribution >= 4 is 274 Å². The van der Waals surface area contributed by atoms with Gasteiger partial charge in [-0.25, -0.2) is 0 Å². The predicted octanol–water partition coefficient (Wildman–Crippen LogP) is -4.46. The molecule has 0 aliphatic heterocycles. The molecule has 0 radical (unpaired) electrons. The summed E-state index contributed by atoms with van der Waals surface area (Å²) in [6.45, 7) is -15.7. The first-order chi connectivity index (χ1) is 47.4. The van der Waals surface area contributed by atoms with Gasteiger partial charge in [-0.15, -0.1) is 0 Å². The van der Waals surface area contributed by atoms with Crippen molar-refractivity contribution in [2.24, 2.45) is 22.6 Å². The standard InChI is InChI=1S/C56H72I9N9O27/c57-38-32(50(66)92)41(60)47(44(63)35(38)53(95)69-1-22(82)7-75)72(29(89)11-79)4-25(85)14-98-18-56(21-101-17-28(88)10-78,19-99-15-26(86)5-73(30(90)12-80)48-42(61)33(51(67)93)39(58)36(45(48)64)54(96)70-2-23(83)8-76)20-100-16-27(87)6-74(31(91)13-81)49-43(62)34(52(68)94)40(59)37(46(49)65)55(97)71-3-24(84)9-77/h22-28,75-88H,1-21H2,(H2,66,92)(H2,67,93)(H2,68,94)(H,69,95)(H,70,96)(H,71,97). The molecule has 0 aromatic heterocycles. The molecular weight excluding hydrogens is 2370 g/mol. The van der Waals surface area contributed by atoms with Crippen LogP contribution in [0.2, 0.25) is 0 Å². The first-order valence-corrected chi connectivity index (χ1v) is 38.7. The van der Waals surface area contributed by atoms with Gasteiger partial charge in [-0.3, -0.25) is 43.2 Å². The molecule has 3 aromatic carbocycles. The molecule has 101 heavy (non-hydrogen) atoms. The number of nitrogens with two attached hydrogens (primary N) is 3. The molecule has 9 amide bonds. The minimum atomic E-state index is -1.79. The normalized spacial score (nSPS) is 14.2. The molecule has 566 valence electrons. The highest BCUT2D eigenvalue weighted by Gasteiger charge is 2.39. The van der Waals surface area contributed by atoms with Gasteiger partial charge in [-0.05, 0) is 203 Å². The van der Waals surface area contributed by atoms with Crippen molar-refractivity contribution in [2.75, 3.05) is 153 Å². The van der Waals surface area contributed by atoms with Crippen LogP contribution in [-0.2, 0) is 33.3 Å². The van der Waals surface area contributed by atoms with E-state index < -0.39 is 240 Å². The summed E-state index contributed by atoms with van der Waals surface area (Å²) in [5.74, 6) is -9.09. The molecule has 36 nitrogen and oxygen atoms in total. The quantitative estimate of drug-likeness (QED) is 0.0237. The first kappa shape index (κ1) is 93.9. The van der Waals surface area contributed by atoms with Gasteiger partial charge >= 0.3 is 0 Å². The van der Waals surface area contributed by atoms with Gasteiger partial charge in [0, 0.05) is 30.3 Å². The zero-order valence-corrected chi connectivity index (χ0v) is 71.9. The van der Waals surface area contributed by atoms with Crippen molar-refractivity contribution in [3.05, 3.63) is 65.5 Å². The lowest BCUT2D eigenvalue weighted by atomic mass is 9.92. The van der Waals surface area contributed by atoms with Crippen molar-refractivity contribution in [3.8, 4) is 0 Å². The molecule has 0 aliphatic carbocycles. The lowest BCUT2D eigenvalue weighted by Crippen LogP contribution is -2.47. The summed E-state index contributed by atoms with van der Waals surface area (Å²) >= 11 is 15.2. The smallest absolute Gasteiger partial charge is 0.253 e. The third kappa shape index (κ3) is 26.2. The van der Waals surface area contributed by atoms with Crippen LogP contribution in [0, 0.1) is 37.5 Å². The fourth-order valence-electron chi connectivity index (χ4n) is 8.95. The second-order valence-electron chi connectivity index (χ2n) is 21.7. The van der Waals surface area contributed by atoms with Gasteiger partial charge in [-0.1, -0.05) is 0 Å². The number of hydrogen-bond donors (Lipinski definition) is 20. The number of benzene rings is 3. The summed E-state index contributed by atoms with van der Waals surface area (Å²) in [6, 6.07) is 0. The van der Waals surface area contributed by atoms with Crippen LogP contribution in [0.25, 0.3) is 0 Å². The Hall–Kier alpha value is -1.26. The maximum Gasteiger partial charge on any atom is 0.253 e. The molecule has 0 fully saturated rings. The van der Waals surface area contributed by atoms with Gasteiger partial charge in [0.25, 0.3) is 53.2 Å². The Balaban J connectivity index is 2.25. The second-order valence-corrected chi connectivity index (χ2v) is 31.4.